The van der Waals surface area contributed by atoms with E-state index in [-0.39, 0.29) is 0 Å². The van der Waals surface area contributed by atoms with Gasteiger partial charge in [-0.1, -0.05) is 13.8 Å². The van der Waals surface area contributed by atoms with Gasteiger partial charge in [-0.3, -0.25) is 9.69 Å². The van der Waals surface area contributed by atoms with Gasteiger partial charge in [-0.2, -0.15) is 0 Å². The minimum Gasteiger partial charge on any atom is -0.480 e. The van der Waals surface area contributed by atoms with Crippen LogP contribution in [0.25, 0.3) is 0 Å². The number of rotatable bonds is 5. The first kappa shape index (κ1) is 12.5. The van der Waals surface area contributed by atoms with Crippen LogP contribution in [-0.4, -0.2) is 45.8 Å². The second kappa shape index (κ2) is 4.94. The number of carboxylic acids is 1. The Morgan fingerprint density at radius 1 is 1.53 bits per heavy atom. The minimum absolute atomic E-state index is 0.409. The number of carbonyl (C=O) groups is 1. The molecule has 0 amide bonds. The van der Waals surface area contributed by atoms with E-state index >= 15 is 0 Å². The number of β-amino-alcohol motifs (C(OH)–C–C–N with tert-alkyl or cyclic N) is 1. The highest BCUT2D eigenvalue weighted by atomic mass is 16.4. The number of nitrogens with zero attached hydrogens (tertiary/aromatic N) is 1. The molecule has 0 spiro atoms. The Kier molecular flexibility index (Phi) is 4.11. The average molecular weight is 215 g/mol. The van der Waals surface area contributed by atoms with Crippen molar-refractivity contribution >= 4 is 5.97 Å². The molecule has 0 aromatic heterocycles. The van der Waals surface area contributed by atoms with Crippen molar-refractivity contribution in [3.8, 4) is 0 Å². The van der Waals surface area contributed by atoms with E-state index in [1.807, 2.05) is 18.7 Å². The summed E-state index contributed by atoms with van der Waals surface area (Å²) in [7, 11) is 0. The van der Waals surface area contributed by atoms with Gasteiger partial charge in [0.2, 0.25) is 0 Å². The summed E-state index contributed by atoms with van der Waals surface area (Å²) in [5.74, 6) is -0.745. The number of aliphatic hydroxyl groups excluding tert-OH is 1. The van der Waals surface area contributed by atoms with Crippen LogP contribution in [-0.2, 0) is 4.79 Å². The fourth-order valence-corrected chi connectivity index (χ4v) is 2.38. The lowest BCUT2D eigenvalue weighted by atomic mass is 9.92. The van der Waals surface area contributed by atoms with Crippen molar-refractivity contribution in [2.24, 2.45) is 0 Å². The molecule has 1 aliphatic rings. The van der Waals surface area contributed by atoms with Gasteiger partial charge >= 0.3 is 5.97 Å². The van der Waals surface area contributed by atoms with Crippen LogP contribution in [0.2, 0.25) is 0 Å². The Morgan fingerprint density at radius 2 is 2.20 bits per heavy atom. The SMILES string of the molecule is CCC(O)CN1CCCC1(CC)C(=O)O. The molecular weight excluding hydrogens is 194 g/mol. The van der Waals surface area contributed by atoms with Crippen LogP contribution in [0.3, 0.4) is 0 Å². The van der Waals surface area contributed by atoms with E-state index in [2.05, 4.69) is 0 Å². The maximum Gasteiger partial charge on any atom is 0.324 e. The molecule has 0 aliphatic carbocycles. The van der Waals surface area contributed by atoms with Crippen molar-refractivity contribution in [1.82, 2.24) is 4.90 Å². The summed E-state index contributed by atoms with van der Waals surface area (Å²) in [6.07, 6.45) is 2.49. The fourth-order valence-electron chi connectivity index (χ4n) is 2.38. The largest absolute Gasteiger partial charge is 0.480 e. The Bertz CT molecular complexity index is 232. The molecule has 2 unspecified atom stereocenters. The molecule has 4 heteroatoms. The summed E-state index contributed by atoms with van der Waals surface area (Å²) in [6.45, 7) is 5.09. The zero-order chi connectivity index (χ0) is 11.5. The maximum absolute atomic E-state index is 11.3. The molecule has 1 rings (SSSR count). The van der Waals surface area contributed by atoms with Gasteiger partial charge in [-0.15, -0.1) is 0 Å². The van der Waals surface area contributed by atoms with Crippen molar-refractivity contribution < 1.29 is 15.0 Å². The van der Waals surface area contributed by atoms with E-state index in [9.17, 15) is 15.0 Å². The van der Waals surface area contributed by atoms with Crippen molar-refractivity contribution in [2.45, 2.75) is 51.2 Å². The standard InChI is InChI=1S/C11H21NO3/c1-3-9(13)8-12-7-5-6-11(12,4-2)10(14)15/h9,13H,3-8H2,1-2H3,(H,14,15). The molecule has 2 atom stereocenters. The van der Waals surface area contributed by atoms with Crippen LogP contribution < -0.4 is 0 Å². The van der Waals surface area contributed by atoms with Crippen molar-refractivity contribution in [3.05, 3.63) is 0 Å². The second-order valence-electron chi connectivity index (χ2n) is 4.30. The lowest BCUT2D eigenvalue weighted by molar-refractivity contribution is -0.150. The Balaban J connectivity index is 2.74. The molecule has 0 radical (unpaired) electrons. The molecule has 1 saturated heterocycles. The van der Waals surface area contributed by atoms with Gasteiger partial charge in [0.15, 0.2) is 0 Å². The third kappa shape index (κ3) is 2.32. The zero-order valence-corrected chi connectivity index (χ0v) is 9.57. The highest BCUT2D eigenvalue weighted by molar-refractivity contribution is 5.79. The summed E-state index contributed by atoms with van der Waals surface area (Å²) in [5, 5.41) is 18.9. The average Bonchev–Trinajstić information content (AvgIpc) is 2.61. The highest BCUT2D eigenvalue weighted by Gasteiger charge is 2.46. The summed E-state index contributed by atoms with van der Waals surface area (Å²) in [5.41, 5.74) is -0.726. The third-order valence-electron chi connectivity index (χ3n) is 3.51. The fraction of sp³-hybridized carbons (Fsp3) is 0.909. The molecule has 1 heterocycles. The van der Waals surface area contributed by atoms with Crippen molar-refractivity contribution in [2.75, 3.05) is 13.1 Å². The first-order valence-corrected chi connectivity index (χ1v) is 5.73. The summed E-state index contributed by atoms with van der Waals surface area (Å²) in [4.78, 5) is 13.2. The first-order valence-electron chi connectivity index (χ1n) is 5.73. The van der Waals surface area contributed by atoms with E-state index < -0.39 is 17.6 Å². The monoisotopic (exact) mass is 215 g/mol. The highest BCUT2D eigenvalue weighted by Crippen LogP contribution is 2.32. The lowest BCUT2D eigenvalue weighted by Gasteiger charge is -2.34. The van der Waals surface area contributed by atoms with Crippen molar-refractivity contribution in [3.63, 3.8) is 0 Å². The number of aliphatic carboxylic acids is 1. The smallest absolute Gasteiger partial charge is 0.324 e. The normalized spacial score (nSPS) is 29.3. The van der Waals surface area contributed by atoms with Gasteiger partial charge in [0, 0.05) is 6.54 Å². The molecule has 88 valence electrons. The van der Waals surface area contributed by atoms with Crippen LogP contribution >= 0.6 is 0 Å². The Hall–Kier alpha value is -0.610. The predicted molar refractivity (Wildman–Crippen MR) is 57.8 cm³/mol. The minimum atomic E-state index is -0.745. The molecule has 2 N–H and O–H groups in total. The summed E-state index contributed by atoms with van der Waals surface area (Å²) >= 11 is 0. The number of carboxylic acid groups (broad SMARTS) is 1. The van der Waals surface area contributed by atoms with Gasteiger partial charge < -0.3 is 10.2 Å². The van der Waals surface area contributed by atoms with E-state index in [1.165, 1.54) is 0 Å². The Morgan fingerprint density at radius 3 is 2.67 bits per heavy atom. The van der Waals surface area contributed by atoms with E-state index in [4.69, 9.17) is 0 Å². The van der Waals surface area contributed by atoms with Gasteiger partial charge in [0.05, 0.1) is 6.10 Å². The number of hydrogen-bond donors (Lipinski definition) is 2. The van der Waals surface area contributed by atoms with Gasteiger partial charge in [-0.25, -0.2) is 0 Å². The number of hydrogen-bond acceptors (Lipinski definition) is 3. The van der Waals surface area contributed by atoms with Gasteiger partial charge in [0.25, 0.3) is 0 Å². The quantitative estimate of drug-likeness (QED) is 0.720. The molecule has 1 aliphatic heterocycles. The van der Waals surface area contributed by atoms with Crippen LogP contribution in [0.1, 0.15) is 39.5 Å². The summed E-state index contributed by atoms with van der Waals surface area (Å²) in [6, 6.07) is 0. The number of likely N-dealkylation sites (tertiary alicyclic amines) is 1. The van der Waals surface area contributed by atoms with E-state index in [1.54, 1.807) is 0 Å². The lowest BCUT2D eigenvalue weighted by Crippen LogP contribution is -2.52. The molecule has 15 heavy (non-hydrogen) atoms. The molecule has 0 bridgehead atoms. The third-order valence-corrected chi connectivity index (χ3v) is 3.51. The predicted octanol–water partition coefficient (Wildman–Crippen LogP) is 1.09. The molecule has 0 saturated carbocycles. The molecule has 0 aromatic rings. The van der Waals surface area contributed by atoms with Gasteiger partial charge in [0.1, 0.15) is 5.54 Å². The first-order chi connectivity index (χ1) is 7.06. The second-order valence-corrected chi connectivity index (χ2v) is 4.30. The number of aliphatic hydroxyl groups is 1. The van der Waals surface area contributed by atoms with Crippen LogP contribution in [0.4, 0.5) is 0 Å². The van der Waals surface area contributed by atoms with Crippen LogP contribution in [0.15, 0.2) is 0 Å². The molecule has 4 nitrogen and oxygen atoms in total. The summed E-state index contributed by atoms with van der Waals surface area (Å²) < 4.78 is 0. The van der Waals surface area contributed by atoms with E-state index in [0.29, 0.717) is 25.8 Å². The molecular formula is C11H21NO3. The van der Waals surface area contributed by atoms with Crippen molar-refractivity contribution in [1.29, 1.82) is 0 Å². The maximum atomic E-state index is 11.3. The molecule has 0 aromatic carbocycles. The van der Waals surface area contributed by atoms with Crippen LogP contribution in [0.5, 0.6) is 0 Å². The van der Waals surface area contributed by atoms with Gasteiger partial charge in [-0.05, 0) is 32.2 Å². The Labute approximate surface area is 90.9 Å². The molecule has 1 fully saturated rings. The van der Waals surface area contributed by atoms with Crippen LogP contribution in [0, 0.1) is 0 Å². The zero-order valence-electron chi connectivity index (χ0n) is 9.57. The van der Waals surface area contributed by atoms with E-state index in [0.717, 1.165) is 13.0 Å². The topological polar surface area (TPSA) is 60.8 Å².